The summed E-state index contributed by atoms with van der Waals surface area (Å²) < 4.78 is 48.6. The van der Waals surface area contributed by atoms with Gasteiger partial charge in [0.15, 0.2) is 9.84 Å². The van der Waals surface area contributed by atoms with Gasteiger partial charge in [0.2, 0.25) is 15.9 Å². The van der Waals surface area contributed by atoms with Gasteiger partial charge in [-0.15, -0.1) is 0 Å². The zero-order valence-corrected chi connectivity index (χ0v) is 19.4. The highest BCUT2D eigenvalue weighted by atomic mass is 35.5. The number of carbonyl (C=O) groups excluding carboxylic acids is 1. The molecule has 0 saturated heterocycles. The number of hydrogen-bond donors (Lipinski definition) is 1. The lowest BCUT2D eigenvalue weighted by Crippen LogP contribution is -2.41. The molecule has 164 valence electrons. The van der Waals surface area contributed by atoms with Crippen LogP contribution in [0.1, 0.15) is 30.5 Å². The van der Waals surface area contributed by atoms with Crippen molar-refractivity contribution in [1.29, 1.82) is 0 Å². The van der Waals surface area contributed by atoms with Crippen LogP contribution in [0.15, 0.2) is 53.4 Å². The molecule has 0 fully saturated rings. The number of rotatable bonds is 9. The standard InChI is InChI=1S/C20H25ClN2O5S2/c1-4-19(15-9-11-17(12-10-15)29(2,25)26)22-20(24)14-23(30(3,27)28)13-16-7-5-6-8-18(16)21/h5-12,19H,4,13-14H2,1-3H3,(H,22,24)/t19-/m0/s1. The van der Waals surface area contributed by atoms with E-state index in [0.29, 0.717) is 17.0 Å². The van der Waals surface area contributed by atoms with Crippen LogP contribution in [0.2, 0.25) is 5.02 Å². The van der Waals surface area contributed by atoms with E-state index in [-0.39, 0.29) is 24.0 Å². The predicted molar refractivity (Wildman–Crippen MR) is 117 cm³/mol. The van der Waals surface area contributed by atoms with Gasteiger partial charge in [-0.05, 0) is 35.7 Å². The SMILES string of the molecule is CC[C@H](NC(=O)CN(Cc1ccccc1Cl)S(C)(=O)=O)c1ccc(S(C)(=O)=O)cc1. The second-order valence-electron chi connectivity index (χ2n) is 6.99. The topological polar surface area (TPSA) is 101 Å². The summed E-state index contributed by atoms with van der Waals surface area (Å²) in [4.78, 5) is 12.8. The van der Waals surface area contributed by atoms with Gasteiger partial charge in [0.1, 0.15) is 0 Å². The van der Waals surface area contributed by atoms with Crippen molar-refractivity contribution in [3.8, 4) is 0 Å². The van der Waals surface area contributed by atoms with E-state index in [2.05, 4.69) is 5.32 Å². The molecular weight excluding hydrogens is 448 g/mol. The number of sulfonamides is 1. The maximum atomic E-state index is 12.6. The van der Waals surface area contributed by atoms with Gasteiger partial charge in [-0.3, -0.25) is 4.79 Å². The lowest BCUT2D eigenvalue weighted by atomic mass is 10.0. The summed E-state index contributed by atoms with van der Waals surface area (Å²) in [5.41, 5.74) is 1.33. The van der Waals surface area contributed by atoms with Crippen molar-refractivity contribution in [3.05, 3.63) is 64.7 Å². The van der Waals surface area contributed by atoms with E-state index in [9.17, 15) is 21.6 Å². The molecule has 0 spiro atoms. The number of nitrogens with one attached hydrogen (secondary N) is 1. The molecule has 1 N–H and O–H groups in total. The molecule has 0 aliphatic heterocycles. The molecule has 2 aromatic carbocycles. The largest absolute Gasteiger partial charge is 0.348 e. The van der Waals surface area contributed by atoms with Crippen LogP contribution in [0.4, 0.5) is 0 Å². The second kappa shape index (κ2) is 9.91. The fraction of sp³-hybridized carbons (Fsp3) is 0.350. The highest BCUT2D eigenvalue weighted by molar-refractivity contribution is 7.90. The van der Waals surface area contributed by atoms with Gasteiger partial charge < -0.3 is 5.32 Å². The Kier molecular flexibility index (Phi) is 8.04. The molecule has 0 unspecified atom stereocenters. The molecule has 30 heavy (non-hydrogen) atoms. The van der Waals surface area contributed by atoms with E-state index in [1.54, 1.807) is 36.4 Å². The Bertz CT molecular complexity index is 1100. The molecule has 0 aliphatic rings. The van der Waals surface area contributed by atoms with Gasteiger partial charge in [0, 0.05) is 17.8 Å². The minimum absolute atomic E-state index is 0.0220. The highest BCUT2D eigenvalue weighted by Gasteiger charge is 2.23. The molecule has 0 bridgehead atoms. The van der Waals surface area contributed by atoms with Crippen molar-refractivity contribution < 1.29 is 21.6 Å². The molecule has 2 aromatic rings. The van der Waals surface area contributed by atoms with Crippen LogP contribution >= 0.6 is 11.6 Å². The summed E-state index contributed by atoms with van der Waals surface area (Å²) in [6.07, 6.45) is 2.71. The smallest absolute Gasteiger partial charge is 0.235 e. The summed E-state index contributed by atoms with van der Waals surface area (Å²) in [7, 11) is -6.97. The average Bonchev–Trinajstić information content (AvgIpc) is 2.66. The molecule has 0 heterocycles. The van der Waals surface area contributed by atoms with Crippen LogP contribution in [0.3, 0.4) is 0 Å². The van der Waals surface area contributed by atoms with E-state index in [1.807, 2.05) is 6.92 Å². The monoisotopic (exact) mass is 472 g/mol. The van der Waals surface area contributed by atoms with Crippen molar-refractivity contribution in [2.45, 2.75) is 30.8 Å². The molecule has 0 radical (unpaired) electrons. The molecular formula is C20H25ClN2O5S2. The van der Waals surface area contributed by atoms with Crippen LogP contribution < -0.4 is 5.32 Å². The van der Waals surface area contributed by atoms with Crippen LogP contribution in [-0.2, 0) is 31.2 Å². The third-order valence-electron chi connectivity index (χ3n) is 4.55. The normalized spacial score (nSPS) is 13.2. The molecule has 2 rings (SSSR count). The molecule has 0 aromatic heterocycles. The third kappa shape index (κ3) is 6.80. The summed E-state index contributed by atoms with van der Waals surface area (Å²) in [6.45, 7) is 1.49. The van der Waals surface area contributed by atoms with Crippen LogP contribution in [0.5, 0.6) is 0 Å². The van der Waals surface area contributed by atoms with Crippen molar-refractivity contribution in [2.75, 3.05) is 19.1 Å². The summed E-state index contributed by atoms with van der Waals surface area (Å²) in [6, 6.07) is 12.7. The van der Waals surface area contributed by atoms with Gasteiger partial charge in [0.25, 0.3) is 0 Å². The number of amides is 1. The Hall–Kier alpha value is -1.94. The predicted octanol–water partition coefficient (Wildman–Crippen LogP) is 2.77. The molecule has 1 atom stereocenters. The second-order valence-corrected chi connectivity index (χ2v) is 11.4. The van der Waals surface area contributed by atoms with E-state index in [1.165, 1.54) is 12.1 Å². The molecule has 10 heteroatoms. The van der Waals surface area contributed by atoms with E-state index < -0.39 is 25.8 Å². The first-order valence-electron chi connectivity index (χ1n) is 9.19. The maximum absolute atomic E-state index is 12.6. The van der Waals surface area contributed by atoms with Crippen LogP contribution in [0.25, 0.3) is 0 Å². The highest BCUT2D eigenvalue weighted by Crippen LogP contribution is 2.21. The van der Waals surface area contributed by atoms with Crippen molar-refractivity contribution in [2.24, 2.45) is 0 Å². The van der Waals surface area contributed by atoms with Gasteiger partial charge in [-0.1, -0.05) is 48.9 Å². The van der Waals surface area contributed by atoms with Gasteiger partial charge in [0.05, 0.1) is 23.7 Å². The molecule has 1 amide bonds. The molecule has 0 aliphatic carbocycles. The Morgan fingerprint density at radius 2 is 1.63 bits per heavy atom. The summed E-state index contributed by atoms with van der Waals surface area (Å²) in [5.74, 6) is -0.466. The number of halogens is 1. The Labute approximate surface area is 183 Å². The van der Waals surface area contributed by atoms with Crippen LogP contribution in [-0.4, -0.2) is 46.1 Å². The Morgan fingerprint density at radius 3 is 2.13 bits per heavy atom. The van der Waals surface area contributed by atoms with E-state index in [0.717, 1.165) is 22.4 Å². The number of nitrogens with zero attached hydrogens (tertiary/aromatic N) is 1. The van der Waals surface area contributed by atoms with Gasteiger partial charge >= 0.3 is 0 Å². The van der Waals surface area contributed by atoms with Gasteiger partial charge in [-0.2, -0.15) is 4.31 Å². The molecule has 0 saturated carbocycles. The Balaban J connectivity index is 2.14. The minimum atomic E-state index is -3.66. The van der Waals surface area contributed by atoms with Crippen molar-refractivity contribution in [3.63, 3.8) is 0 Å². The Morgan fingerprint density at radius 1 is 1.03 bits per heavy atom. The number of benzene rings is 2. The lowest BCUT2D eigenvalue weighted by Gasteiger charge is -2.23. The zero-order valence-electron chi connectivity index (χ0n) is 17.0. The third-order valence-corrected chi connectivity index (χ3v) is 7.24. The maximum Gasteiger partial charge on any atom is 0.235 e. The zero-order chi connectivity index (χ0) is 22.5. The van der Waals surface area contributed by atoms with E-state index in [4.69, 9.17) is 11.6 Å². The first-order chi connectivity index (χ1) is 13.9. The average molecular weight is 473 g/mol. The van der Waals surface area contributed by atoms with Crippen LogP contribution in [0, 0.1) is 0 Å². The first kappa shape index (κ1) is 24.3. The van der Waals surface area contributed by atoms with Gasteiger partial charge in [-0.25, -0.2) is 16.8 Å². The van der Waals surface area contributed by atoms with E-state index >= 15 is 0 Å². The summed E-state index contributed by atoms with van der Waals surface area (Å²) in [5, 5.41) is 3.24. The quantitative estimate of drug-likeness (QED) is 0.604. The number of carbonyl (C=O) groups is 1. The molecule has 7 nitrogen and oxygen atoms in total. The fourth-order valence-corrected chi connectivity index (χ4v) is 4.43. The number of sulfone groups is 1. The van der Waals surface area contributed by atoms with Crippen molar-refractivity contribution >= 4 is 37.4 Å². The fourth-order valence-electron chi connectivity index (χ4n) is 2.88. The summed E-state index contributed by atoms with van der Waals surface area (Å²) >= 11 is 6.12. The van der Waals surface area contributed by atoms with Crippen molar-refractivity contribution in [1.82, 2.24) is 9.62 Å². The number of hydrogen-bond acceptors (Lipinski definition) is 5. The minimum Gasteiger partial charge on any atom is -0.348 e. The first-order valence-corrected chi connectivity index (χ1v) is 13.3. The lowest BCUT2D eigenvalue weighted by molar-refractivity contribution is -0.122.